The van der Waals surface area contributed by atoms with E-state index < -0.39 is 0 Å². The summed E-state index contributed by atoms with van der Waals surface area (Å²) < 4.78 is 5.49. The number of nitrogens with one attached hydrogen (secondary N) is 1. The highest BCUT2D eigenvalue weighted by Crippen LogP contribution is 2.21. The number of methoxy groups -OCH3 is 1. The molecule has 2 atom stereocenters. The molecule has 1 N–H and O–H groups in total. The minimum atomic E-state index is 0.444. The van der Waals surface area contributed by atoms with Gasteiger partial charge in [0.25, 0.3) is 0 Å². The minimum absolute atomic E-state index is 0.444. The van der Waals surface area contributed by atoms with Crippen molar-refractivity contribution in [1.82, 2.24) is 5.32 Å². The van der Waals surface area contributed by atoms with Gasteiger partial charge in [-0.25, -0.2) is 0 Å². The van der Waals surface area contributed by atoms with Crippen LogP contribution in [0.4, 0.5) is 0 Å². The molecule has 100 valence electrons. The van der Waals surface area contributed by atoms with Crippen molar-refractivity contribution in [2.24, 2.45) is 0 Å². The van der Waals surface area contributed by atoms with E-state index >= 15 is 0 Å². The van der Waals surface area contributed by atoms with Gasteiger partial charge in [0.05, 0.1) is 6.10 Å². The first-order valence-electron chi connectivity index (χ1n) is 7.20. The Hall–Kier alpha value is -0.860. The Morgan fingerprint density at radius 2 is 2.00 bits per heavy atom. The molecule has 2 nitrogen and oxygen atoms in total. The number of benzene rings is 1. The maximum atomic E-state index is 5.49. The smallest absolute Gasteiger partial charge is 0.0724 e. The van der Waals surface area contributed by atoms with E-state index in [-0.39, 0.29) is 0 Å². The van der Waals surface area contributed by atoms with Crippen molar-refractivity contribution in [1.29, 1.82) is 0 Å². The van der Waals surface area contributed by atoms with E-state index in [1.807, 2.05) is 7.11 Å². The molecule has 1 aliphatic rings. The maximum Gasteiger partial charge on any atom is 0.0724 e. The van der Waals surface area contributed by atoms with Crippen molar-refractivity contribution in [2.75, 3.05) is 13.7 Å². The lowest BCUT2D eigenvalue weighted by molar-refractivity contribution is 0.0852. The van der Waals surface area contributed by atoms with Crippen molar-refractivity contribution < 1.29 is 4.74 Å². The first kappa shape index (κ1) is 13.6. The molecule has 1 fully saturated rings. The third-order valence-corrected chi connectivity index (χ3v) is 3.90. The molecular weight excluding hydrogens is 222 g/mol. The summed E-state index contributed by atoms with van der Waals surface area (Å²) in [5, 5.41) is 3.64. The van der Waals surface area contributed by atoms with Crippen LogP contribution < -0.4 is 5.32 Å². The van der Waals surface area contributed by atoms with Crippen LogP contribution in [0, 0.1) is 0 Å². The van der Waals surface area contributed by atoms with E-state index in [4.69, 9.17) is 4.74 Å². The first-order chi connectivity index (χ1) is 8.90. The molecule has 0 bridgehead atoms. The monoisotopic (exact) mass is 247 g/mol. The quantitative estimate of drug-likeness (QED) is 0.747. The second kappa shape index (κ2) is 7.55. The number of ether oxygens (including phenoxy) is 1. The highest BCUT2D eigenvalue weighted by molar-refractivity contribution is 5.14. The van der Waals surface area contributed by atoms with E-state index in [0.717, 1.165) is 6.54 Å². The van der Waals surface area contributed by atoms with Gasteiger partial charge < -0.3 is 10.1 Å². The van der Waals surface area contributed by atoms with Crippen molar-refractivity contribution in [3.05, 3.63) is 35.9 Å². The number of hydrogen-bond donors (Lipinski definition) is 1. The van der Waals surface area contributed by atoms with Crippen LogP contribution in [-0.4, -0.2) is 25.8 Å². The van der Waals surface area contributed by atoms with Crippen LogP contribution in [0.3, 0.4) is 0 Å². The fourth-order valence-corrected chi connectivity index (χ4v) is 2.83. The molecule has 0 saturated heterocycles. The fourth-order valence-electron chi connectivity index (χ4n) is 2.83. The Kier molecular flexibility index (Phi) is 5.69. The Morgan fingerprint density at radius 1 is 1.17 bits per heavy atom. The Bertz CT molecular complexity index is 325. The average Bonchev–Trinajstić information content (AvgIpc) is 2.87. The van der Waals surface area contributed by atoms with Gasteiger partial charge in [-0.1, -0.05) is 30.3 Å². The molecule has 1 aromatic carbocycles. The van der Waals surface area contributed by atoms with E-state index in [1.54, 1.807) is 0 Å². The summed E-state index contributed by atoms with van der Waals surface area (Å²) >= 11 is 0. The van der Waals surface area contributed by atoms with Crippen LogP contribution in [0.1, 0.15) is 37.7 Å². The molecule has 1 aromatic rings. The molecule has 0 amide bonds. The van der Waals surface area contributed by atoms with E-state index in [1.165, 1.54) is 44.1 Å². The summed E-state index contributed by atoms with van der Waals surface area (Å²) in [6, 6.07) is 11.3. The van der Waals surface area contributed by atoms with Crippen LogP contribution in [0.15, 0.2) is 30.3 Å². The lowest BCUT2D eigenvalue weighted by Crippen LogP contribution is -2.37. The molecule has 0 aromatic heterocycles. The van der Waals surface area contributed by atoms with Crippen LogP contribution >= 0.6 is 0 Å². The third-order valence-electron chi connectivity index (χ3n) is 3.90. The van der Waals surface area contributed by atoms with Crippen molar-refractivity contribution >= 4 is 0 Å². The van der Waals surface area contributed by atoms with Gasteiger partial charge in [0, 0.05) is 13.2 Å². The number of hydrogen-bond acceptors (Lipinski definition) is 2. The highest BCUT2D eigenvalue weighted by atomic mass is 16.5. The third kappa shape index (κ3) is 4.11. The molecule has 2 rings (SSSR count). The summed E-state index contributed by atoms with van der Waals surface area (Å²) in [6.45, 7) is 1.12. The SMILES string of the molecule is COC1CCCC1NCCCCc1ccccc1. The van der Waals surface area contributed by atoms with Gasteiger partial charge in [-0.3, -0.25) is 0 Å². The molecule has 0 aliphatic heterocycles. The van der Waals surface area contributed by atoms with Crippen LogP contribution in [0.5, 0.6) is 0 Å². The summed E-state index contributed by atoms with van der Waals surface area (Å²) in [6.07, 6.45) is 7.96. The zero-order valence-electron chi connectivity index (χ0n) is 11.4. The van der Waals surface area contributed by atoms with E-state index in [0.29, 0.717) is 12.1 Å². The summed E-state index contributed by atoms with van der Waals surface area (Å²) in [4.78, 5) is 0. The second-order valence-corrected chi connectivity index (χ2v) is 5.21. The van der Waals surface area contributed by atoms with Crippen LogP contribution in [-0.2, 0) is 11.2 Å². The molecule has 18 heavy (non-hydrogen) atoms. The zero-order valence-corrected chi connectivity index (χ0v) is 11.4. The molecule has 2 heteroatoms. The first-order valence-corrected chi connectivity index (χ1v) is 7.20. The van der Waals surface area contributed by atoms with E-state index in [2.05, 4.69) is 35.6 Å². The summed E-state index contributed by atoms with van der Waals surface area (Å²) in [7, 11) is 1.83. The molecular formula is C16H25NO. The molecule has 0 heterocycles. The number of aryl methyl sites for hydroxylation is 1. The average molecular weight is 247 g/mol. The van der Waals surface area contributed by atoms with Gasteiger partial charge in [-0.15, -0.1) is 0 Å². The van der Waals surface area contributed by atoms with Crippen LogP contribution in [0.2, 0.25) is 0 Å². The van der Waals surface area contributed by atoms with Gasteiger partial charge in [-0.05, 0) is 50.6 Å². The van der Waals surface area contributed by atoms with Gasteiger partial charge in [0.2, 0.25) is 0 Å². The van der Waals surface area contributed by atoms with Gasteiger partial charge in [-0.2, -0.15) is 0 Å². The topological polar surface area (TPSA) is 21.3 Å². The minimum Gasteiger partial charge on any atom is -0.380 e. The Morgan fingerprint density at radius 3 is 2.78 bits per heavy atom. The molecule has 0 spiro atoms. The second-order valence-electron chi connectivity index (χ2n) is 5.21. The molecule has 1 aliphatic carbocycles. The molecule has 1 saturated carbocycles. The largest absolute Gasteiger partial charge is 0.380 e. The maximum absolute atomic E-state index is 5.49. The van der Waals surface area contributed by atoms with Gasteiger partial charge >= 0.3 is 0 Å². The standard InChI is InChI=1S/C16H25NO/c1-18-16-12-7-11-15(16)17-13-6-5-10-14-8-3-2-4-9-14/h2-4,8-9,15-17H,5-7,10-13H2,1H3. The Labute approximate surface area is 111 Å². The predicted octanol–water partition coefficient (Wildman–Crippen LogP) is 3.17. The van der Waals surface area contributed by atoms with Crippen molar-refractivity contribution in [3.8, 4) is 0 Å². The van der Waals surface area contributed by atoms with Gasteiger partial charge in [0.1, 0.15) is 0 Å². The lowest BCUT2D eigenvalue weighted by atomic mass is 10.1. The summed E-state index contributed by atoms with van der Waals surface area (Å²) in [5.74, 6) is 0. The highest BCUT2D eigenvalue weighted by Gasteiger charge is 2.25. The van der Waals surface area contributed by atoms with Crippen molar-refractivity contribution in [2.45, 2.75) is 50.7 Å². The summed E-state index contributed by atoms with van der Waals surface area (Å²) in [5.41, 5.74) is 1.45. The normalized spacial score (nSPS) is 23.4. The molecule has 2 unspecified atom stereocenters. The number of unbranched alkanes of at least 4 members (excludes halogenated alkanes) is 1. The van der Waals surface area contributed by atoms with Crippen LogP contribution in [0.25, 0.3) is 0 Å². The lowest BCUT2D eigenvalue weighted by Gasteiger charge is -2.19. The molecule has 0 radical (unpaired) electrons. The zero-order chi connectivity index (χ0) is 12.6. The predicted molar refractivity (Wildman–Crippen MR) is 75.8 cm³/mol. The number of rotatable bonds is 7. The fraction of sp³-hybridized carbons (Fsp3) is 0.625. The van der Waals surface area contributed by atoms with Crippen molar-refractivity contribution in [3.63, 3.8) is 0 Å². The van der Waals surface area contributed by atoms with Gasteiger partial charge in [0.15, 0.2) is 0 Å². The van der Waals surface area contributed by atoms with E-state index in [9.17, 15) is 0 Å². The Balaban J connectivity index is 1.56.